The number of benzene rings is 2. The van der Waals surface area contributed by atoms with Crippen LogP contribution in [0.2, 0.25) is 0 Å². The Balaban J connectivity index is 1.69. The third-order valence-electron chi connectivity index (χ3n) is 3.36. The van der Waals surface area contributed by atoms with Gasteiger partial charge in [-0.2, -0.15) is 0 Å². The van der Waals surface area contributed by atoms with Crippen molar-refractivity contribution in [1.82, 2.24) is 5.16 Å². The van der Waals surface area contributed by atoms with Crippen molar-refractivity contribution in [3.63, 3.8) is 0 Å². The van der Waals surface area contributed by atoms with Crippen LogP contribution in [0.25, 0.3) is 11.3 Å². The molecule has 0 aliphatic carbocycles. The van der Waals surface area contributed by atoms with E-state index in [1.54, 1.807) is 6.07 Å². The topological polar surface area (TPSA) is 95.5 Å². The van der Waals surface area contributed by atoms with Gasteiger partial charge < -0.3 is 9.26 Å². The Morgan fingerprint density at radius 3 is 2.64 bits per heavy atom. The number of carbonyl (C=O) groups excluding carboxylic acids is 1. The largest absolute Gasteiger partial charge is 0.455 e. The Morgan fingerprint density at radius 2 is 1.92 bits per heavy atom. The summed E-state index contributed by atoms with van der Waals surface area (Å²) in [6.45, 7) is -0.213. The van der Waals surface area contributed by atoms with Gasteiger partial charge in [0.25, 0.3) is 5.69 Å². The van der Waals surface area contributed by atoms with E-state index < -0.39 is 10.9 Å². The van der Waals surface area contributed by atoms with Crippen molar-refractivity contribution < 1.29 is 23.4 Å². The minimum atomic E-state index is -0.835. The lowest BCUT2D eigenvalue weighted by atomic mass is 10.1. The first-order valence-corrected chi connectivity index (χ1v) is 7.16. The summed E-state index contributed by atoms with van der Waals surface area (Å²) >= 11 is 0. The third-order valence-corrected chi connectivity index (χ3v) is 3.36. The van der Waals surface area contributed by atoms with Gasteiger partial charge in [-0.1, -0.05) is 17.3 Å². The SMILES string of the molecule is O=C(OCc1cc(-c2ccc(F)cc2)on1)c1ccccc1[N+](=O)[O-]. The molecule has 126 valence electrons. The van der Waals surface area contributed by atoms with Gasteiger partial charge in [0, 0.05) is 17.7 Å². The number of carbonyl (C=O) groups is 1. The fraction of sp³-hybridized carbons (Fsp3) is 0.0588. The number of hydrogen-bond donors (Lipinski definition) is 0. The van der Waals surface area contributed by atoms with Crippen molar-refractivity contribution in [3.8, 4) is 11.3 Å². The lowest BCUT2D eigenvalue weighted by Gasteiger charge is -2.03. The van der Waals surface area contributed by atoms with Gasteiger partial charge in [-0.05, 0) is 30.3 Å². The van der Waals surface area contributed by atoms with E-state index in [-0.39, 0.29) is 23.7 Å². The molecule has 0 N–H and O–H groups in total. The fourth-order valence-corrected chi connectivity index (χ4v) is 2.15. The lowest BCUT2D eigenvalue weighted by molar-refractivity contribution is -0.385. The summed E-state index contributed by atoms with van der Waals surface area (Å²) in [5.74, 6) is -0.822. The van der Waals surface area contributed by atoms with E-state index >= 15 is 0 Å². The summed E-state index contributed by atoms with van der Waals surface area (Å²) < 4.78 is 23.1. The van der Waals surface area contributed by atoms with Gasteiger partial charge in [0.05, 0.1) is 4.92 Å². The van der Waals surface area contributed by atoms with Crippen molar-refractivity contribution in [2.75, 3.05) is 0 Å². The fourth-order valence-electron chi connectivity index (χ4n) is 2.15. The Hall–Kier alpha value is -3.55. The quantitative estimate of drug-likeness (QED) is 0.398. The van der Waals surface area contributed by atoms with Gasteiger partial charge >= 0.3 is 5.97 Å². The highest BCUT2D eigenvalue weighted by Gasteiger charge is 2.21. The predicted octanol–water partition coefficient (Wildman–Crippen LogP) is 3.75. The number of rotatable bonds is 5. The Morgan fingerprint density at radius 1 is 1.20 bits per heavy atom. The zero-order valence-electron chi connectivity index (χ0n) is 12.7. The first-order chi connectivity index (χ1) is 12.0. The van der Waals surface area contributed by atoms with E-state index in [4.69, 9.17) is 9.26 Å². The van der Waals surface area contributed by atoms with E-state index in [1.807, 2.05) is 0 Å². The van der Waals surface area contributed by atoms with Crippen LogP contribution in [0.4, 0.5) is 10.1 Å². The molecular formula is C17H11FN2O5. The van der Waals surface area contributed by atoms with Gasteiger partial charge in [0.2, 0.25) is 0 Å². The zero-order chi connectivity index (χ0) is 17.8. The maximum Gasteiger partial charge on any atom is 0.345 e. The first-order valence-electron chi connectivity index (χ1n) is 7.16. The Kier molecular flexibility index (Phi) is 4.51. The molecule has 2 aromatic carbocycles. The molecule has 0 fully saturated rings. The molecule has 7 nitrogen and oxygen atoms in total. The molecule has 0 spiro atoms. The molecular weight excluding hydrogens is 331 g/mol. The molecule has 0 radical (unpaired) electrons. The lowest BCUT2D eigenvalue weighted by Crippen LogP contribution is -2.08. The molecule has 0 bridgehead atoms. The second-order valence-corrected chi connectivity index (χ2v) is 5.04. The molecule has 0 amide bonds. The predicted molar refractivity (Wildman–Crippen MR) is 84.1 cm³/mol. The van der Waals surface area contributed by atoms with Crippen LogP contribution in [-0.4, -0.2) is 16.0 Å². The highest BCUT2D eigenvalue weighted by molar-refractivity contribution is 5.93. The van der Waals surface area contributed by atoms with E-state index in [9.17, 15) is 19.3 Å². The molecule has 0 saturated carbocycles. The van der Waals surface area contributed by atoms with Crippen LogP contribution < -0.4 is 0 Å². The van der Waals surface area contributed by atoms with Crippen molar-refractivity contribution in [2.24, 2.45) is 0 Å². The number of halogens is 1. The maximum atomic E-state index is 12.9. The number of nitrogens with zero attached hydrogens (tertiary/aromatic N) is 2. The van der Waals surface area contributed by atoms with Crippen molar-refractivity contribution in [2.45, 2.75) is 6.61 Å². The Bertz CT molecular complexity index is 921. The summed E-state index contributed by atoms with van der Waals surface area (Å²) in [7, 11) is 0. The van der Waals surface area contributed by atoms with Gasteiger partial charge in [-0.25, -0.2) is 9.18 Å². The molecule has 0 aliphatic heterocycles. The zero-order valence-corrected chi connectivity index (χ0v) is 12.7. The average molecular weight is 342 g/mol. The average Bonchev–Trinajstić information content (AvgIpc) is 3.09. The highest BCUT2D eigenvalue weighted by Crippen LogP contribution is 2.22. The van der Waals surface area contributed by atoms with Crippen LogP contribution in [0.1, 0.15) is 16.1 Å². The first kappa shape index (κ1) is 16.3. The molecule has 0 aliphatic rings. The molecule has 3 aromatic rings. The number of para-hydroxylation sites is 1. The maximum absolute atomic E-state index is 12.9. The van der Waals surface area contributed by atoms with Gasteiger partial charge in [-0.15, -0.1) is 0 Å². The smallest absolute Gasteiger partial charge is 0.345 e. The molecule has 0 saturated heterocycles. The van der Waals surface area contributed by atoms with Crippen molar-refractivity contribution >= 4 is 11.7 Å². The summed E-state index contributed by atoms with van der Waals surface area (Å²) in [4.78, 5) is 22.3. The number of nitro groups is 1. The van der Waals surface area contributed by atoms with Gasteiger partial charge in [-0.3, -0.25) is 10.1 Å². The third kappa shape index (κ3) is 3.69. The molecule has 1 heterocycles. The van der Waals surface area contributed by atoms with E-state index in [0.717, 1.165) is 0 Å². The van der Waals surface area contributed by atoms with Gasteiger partial charge in [0.1, 0.15) is 23.7 Å². The molecule has 8 heteroatoms. The van der Waals surface area contributed by atoms with Crippen LogP contribution in [0.3, 0.4) is 0 Å². The van der Waals surface area contributed by atoms with Crippen molar-refractivity contribution in [1.29, 1.82) is 0 Å². The number of hydrogen-bond acceptors (Lipinski definition) is 6. The van der Waals surface area contributed by atoms with E-state index in [1.165, 1.54) is 48.5 Å². The summed E-state index contributed by atoms with van der Waals surface area (Å²) in [5.41, 5.74) is 0.464. The molecule has 0 unspecified atom stereocenters. The monoisotopic (exact) mass is 342 g/mol. The summed E-state index contributed by atoms with van der Waals surface area (Å²) in [5, 5.41) is 14.7. The van der Waals surface area contributed by atoms with Gasteiger partial charge in [0.15, 0.2) is 5.76 Å². The standard InChI is InChI=1S/C17H11FN2O5/c18-12-7-5-11(6-8-12)16-9-13(19-25-16)10-24-17(21)14-3-1-2-4-15(14)20(22)23/h1-9H,10H2. The number of ether oxygens (including phenoxy) is 1. The molecule has 3 rings (SSSR count). The highest BCUT2D eigenvalue weighted by atomic mass is 19.1. The second-order valence-electron chi connectivity index (χ2n) is 5.04. The van der Waals surface area contributed by atoms with Crippen LogP contribution in [-0.2, 0) is 11.3 Å². The summed E-state index contributed by atoms with van der Waals surface area (Å²) in [6.07, 6.45) is 0. The minimum absolute atomic E-state index is 0.144. The van der Waals surface area contributed by atoms with E-state index in [0.29, 0.717) is 17.0 Å². The van der Waals surface area contributed by atoms with Crippen LogP contribution in [0, 0.1) is 15.9 Å². The number of aromatic nitrogens is 1. The minimum Gasteiger partial charge on any atom is -0.455 e. The molecule has 25 heavy (non-hydrogen) atoms. The Labute approximate surface area is 140 Å². The summed E-state index contributed by atoms with van der Waals surface area (Å²) in [6, 6.07) is 12.7. The van der Waals surface area contributed by atoms with Crippen LogP contribution in [0.15, 0.2) is 59.1 Å². The van der Waals surface area contributed by atoms with Crippen LogP contribution >= 0.6 is 0 Å². The van der Waals surface area contributed by atoms with Crippen molar-refractivity contribution in [3.05, 3.63) is 81.8 Å². The van der Waals surface area contributed by atoms with E-state index in [2.05, 4.69) is 5.16 Å². The normalized spacial score (nSPS) is 10.4. The van der Waals surface area contributed by atoms with Crippen LogP contribution in [0.5, 0.6) is 0 Å². The second kappa shape index (κ2) is 6.91. The number of esters is 1. The molecule has 1 aromatic heterocycles. The number of nitro benzene ring substituents is 1. The molecule has 0 atom stereocenters.